The first-order chi connectivity index (χ1) is 13.2. The monoisotopic (exact) mass is 367 g/mol. The Kier molecular flexibility index (Phi) is 5.02. The molecule has 1 saturated heterocycles. The summed E-state index contributed by atoms with van der Waals surface area (Å²) in [6.45, 7) is 3.92. The van der Waals surface area contributed by atoms with Crippen LogP contribution in [0.1, 0.15) is 20.7 Å². The maximum absolute atomic E-state index is 12.6. The SMILES string of the molecule is O=C(CN1CCN(C(=O)c2ccncc2)CC1)c1ccc2c(c1)OCCO2. The quantitative estimate of drug-likeness (QED) is 0.763. The van der Waals surface area contributed by atoms with Crippen molar-refractivity contribution >= 4 is 11.7 Å². The van der Waals surface area contributed by atoms with Crippen LogP contribution in [0.2, 0.25) is 0 Å². The number of aromatic nitrogens is 1. The van der Waals surface area contributed by atoms with Gasteiger partial charge in [-0.05, 0) is 30.3 Å². The molecule has 2 aromatic rings. The lowest BCUT2D eigenvalue weighted by atomic mass is 10.1. The number of carbonyl (C=O) groups is 2. The zero-order valence-electron chi connectivity index (χ0n) is 15.0. The number of ether oxygens (including phenoxy) is 2. The van der Waals surface area contributed by atoms with Crippen molar-refractivity contribution in [2.75, 3.05) is 45.9 Å². The average molecular weight is 367 g/mol. The lowest BCUT2D eigenvalue weighted by Gasteiger charge is -2.34. The van der Waals surface area contributed by atoms with E-state index in [0.29, 0.717) is 68.6 Å². The van der Waals surface area contributed by atoms with Gasteiger partial charge in [0.2, 0.25) is 0 Å². The molecular weight excluding hydrogens is 346 g/mol. The number of hydrogen-bond donors (Lipinski definition) is 0. The van der Waals surface area contributed by atoms with Gasteiger partial charge in [-0.25, -0.2) is 0 Å². The summed E-state index contributed by atoms with van der Waals surface area (Å²) in [4.78, 5) is 32.9. The van der Waals surface area contributed by atoms with Crippen LogP contribution in [-0.2, 0) is 0 Å². The zero-order chi connectivity index (χ0) is 18.6. The molecule has 2 aliphatic heterocycles. The number of Topliss-reactive ketones (excluding diaryl/α,β-unsaturated/α-hetero) is 1. The Morgan fingerprint density at radius 3 is 2.33 bits per heavy atom. The lowest BCUT2D eigenvalue weighted by Crippen LogP contribution is -2.49. The molecule has 1 amide bonds. The van der Waals surface area contributed by atoms with E-state index >= 15 is 0 Å². The number of rotatable bonds is 4. The molecule has 0 atom stereocenters. The predicted molar refractivity (Wildman–Crippen MR) is 98.3 cm³/mol. The molecule has 1 aromatic heterocycles. The third kappa shape index (κ3) is 3.93. The fourth-order valence-electron chi connectivity index (χ4n) is 3.30. The van der Waals surface area contributed by atoms with Crippen LogP contribution < -0.4 is 9.47 Å². The van der Waals surface area contributed by atoms with E-state index in [1.807, 2.05) is 4.90 Å². The van der Waals surface area contributed by atoms with E-state index in [-0.39, 0.29) is 11.7 Å². The second-order valence-corrected chi connectivity index (χ2v) is 6.59. The minimum atomic E-state index is 0.00946. The summed E-state index contributed by atoms with van der Waals surface area (Å²) in [5.41, 5.74) is 1.26. The molecule has 0 radical (unpaired) electrons. The fourth-order valence-corrected chi connectivity index (χ4v) is 3.30. The molecule has 1 fully saturated rings. The first-order valence-corrected chi connectivity index (χ1v) is 9.05. The van der Waals surface area contributed by atoms with E-state index in [1.54, 1.807) is 42.7 Å². The fraction of sp³-hybridized carbons (Fsp3) is 0.350. The molecule has 0 spiro atoms. The van der Waals surface area contributed by atoms with Gasteiger partial charge in [0.1, 0.15) is 13.2 Å². The van der Waals surface area contributed by atoms with Gasteiger partial charge in [0, 0.05) is 49.7 Å². The van der Waals surface area contributed by atoms with Gasteiger partial charge < -0.3 is 14.4 Å². The van der Waals surface area contributed by atoms with Gasteiger partial charge in [-0.2, -0.15) is 0 Å². The van der Waals surface area contributed by atoms with Crippen LogP contribution in [0.4, 0.5) is 0 Å². The normalized spacial score (nSPS) is 16.8. The Morgan fingerprint density at radius 1 is 0.889 bits per heavy atom. The highest BCUT2D eigenvalue weighted by atomic mass is 16.6. The third-order valence-corrected chi connectivity index (χ3v) is 4.82. The molecule has 0 unspecified atom stereocenters. The summed E-state index contributed by atoms with van der Waals surface area (Å²) in [7, 11) is 0. The first-order valence-electron chi connectivity index (χ1n) is 9.05. The second kappa shape index (κ2) is 7.75. The highest BCUT2D eigenvalue weighted by Gasteiger charge is 2.24. The smallest absolute Gasteiger partial charge is 0.254 e. The van der Waals surface area contributed by atoms with Crippen molar-refractivity contribution in [3.05, 3.63) is 53.9 Å². The van der Waals surface area contributed by atoms with E-state index in [2.05, 4.69) is 9.88 Å². The van der Waals surface area contributed by atoms with Gasteiger partial charge in [0.05, 0.1) is 6.54 Å². The van der Waals surface area contributed by atoms with Crippen LogP contribution in [0.15, 0.2) is 42.7 Å². The number of amides is 1. The maximum atomic E-state index is 12.6. The minimum absolute atomic E-state index is 0.00946. The van der Waals surface area contributed by atoms with Gasteiger partial charge in [-0.1, -0.05) is 0 Å². The molecule has 0 N–H and O–H groups in total. The topological polar surface area (TPSA) is 72.0 Å². The Hall–Kier alpha value is -2.93. The summed E-state index contributed by atoms with van der Waals surface area (Å²) in [5, 5.41) is 0. The average Bonchev–Trinajstić information content (AvgIpc) is 2.74. The van der Waals surface area contributed by atoms with Crippen molar-refractivity contribution < 1.29 is 19.1 Å². The van der Waals surface area contributed by atoms with Crippen molar-refractivity contribution in [2.24, 2.45) is 0 Å². The first kappa shape index (κ1) is 17.5. The van der Waals surface area contributed by atoms with Crippen LogP contribution in [0.3, 0.4) is 0 Å². The van der Waals surface area contributed by atoms with E-state index in [0.717, 1.165) is 0 Å². The van der Waals surface area contributed by atoms with E-state index in [4.69, 9.17) is 9.47 Å². The van der Waals surface area contributed by atoms with Crippen molar-refractivity contribution in [1.82, 2.24) is 14.8 Å². The number of piperazine rings is 1. The van der Waals surface area contributed by atoms with Gasteiger partial charge in [-0.15, -0.1) is 0 Å². The standard InChI is InChI=1S/C20H21N3O4/c24-17(16-1-2-18-19(13-16)27-12-11-26-18)14-22-7-9-23(10-8-22)20(25)15-3-5-21-6-4-15/h1-6,13H,7-12,14H2. The molecule has 7 nitrogen and oxygen atoms in total. The second-order valence-electron chi connectivity index (χ2n) is 6.59. The summed E-state index contributed by atoms with van der Waals surface area (Å²) < 4.78 is 11.0. The molecule has 1 aromatic carbocycles. The molecule has 0 bridgehead atoms. The van der Waals surface area contributed by atoms with Crippen LogP contribution in [0.25, 0.3) is 0 Å². The number of ketones is 1. The Labute approximate surface area is 157 Å². The van der Waals surface area contributed by atoms with Gasteiger partial charge in [0.25, 0.3) is 5.91 Å². The molecule has 27 heavy (non-hydrogen) atoms. The lowest BCUT2D eigenvalue weighted by molar-refractivity contribution is 0.0624. The number of benzene rings is 1. The third-order valence-electron chi connectivity index (χ3n) is 4.82. The van der Waals surface area contributed by atoms with Crippen LogP contribution in [0.5, 0.6) is 11.5 Å². The zero-order valence-corrected chi connectivity index (χ0v) is 15.0. The number of hydrogen-bond acceptors (Lipinski definition) is 6. The number of nitrogens with zero attached hydrogens (tertiary/aromatic N) is 3. The van der Waals surface area contributed by atoms with Crippen LogP contribution in [-0.4, -0.2) is 72.4 Å². The molecule has 7 heteroatoms. The van der Waals surface area contributed by atoms with Gasteiger partial charge in [0.15, 0.2) is 17.3 Å². The Balaban J connectivity index is 1.32. The largest absolute Gasteiger partial charge is 0.486 e. The summed E-state index contributed by atoms with van der Waals surface area (Å²) >= 11 is 0. The van der Waals surface area contributed by atoms with Gasteiger partial charge >= 0.3 is 0 Å². The summed E-state index contributed by atoms with van der Waals surface area (Å²) in [6.07, 6.45) is 3.24. The highest BCUT2D eigenvalue weighted by molar-refractivity contribution is 5.98. The molecule has 4 rings (SSSR count). The highest BCUT2D eigenvalue weighted by Crippen LogP contribution is 2.30. The van der Waals surface area contributed by atoms with Crippen molar-refractivity contribution in [3.8, 4) is 11.5 Å². The van der Waals surface area contributed by atoms with Gasteiger partial charge in [-0.3, -0.25) is 19.5 Å². The van der Waals surface area contributed by atoms with Crippen molar-refractivity contribution in [2.45, 2.75) is 0 Å². The molecule has 140 valence electrons. The summed E-state index contributed by atoms with van der Waals surface area (Å²) in [6, 6.07) is 8.76. The number of fused-ring (bicyclic) bond motifs is 1. The van der Waals surface area contributed by atoms with Crippen molar-refractivity contribution in [1.29, 1.82) is 0 Å². The molecule has 2 aliphatic rings. The van der Waals surface area contributed by atoms with E-state index < -0.39 is 0 Å². The molecule has 0 aliphatic carbocycles. The Bertz CT molecular complexity index is 832. The molecular formula is C20H21N3O4. The number of carbonyl (C=O) groups excluding carboxylic acids is 2. The summed E-state index contributed by atoms with van der Waals surface area (Å²) in [5.74, 6) is 1.36. The van der Waals surface area contributed by atoms with Crippen LogP contribution >= 0.6 is 0 Å². The van der Waals surface area contributed by atoms with E-state index in [1.165, 1.54) is 0 Å². The van der Waals surface area contributed by atoms with Crippen molar-refractivity contribution in [3.63, 3.8) is 0 Å². The van der Waals surface area contributed by atoms with Crippen LogP contribution in [0, 0.1) is 0 Å². The molecule has 3 heterocycles. The predicted octanol–water partition coefficient (Wildman–Crippen LogP) is 1.49. The molecule has 0 saturated carbocycles. The Morgan fingerprint density at radius 2 is 1.59 bits per heavy atom. The number of pyridine rings is 1. The van der Waals surface area contributed by atoms with E-state index in [9.17, 15) is 9.59 Å². The minimum Gasteiger partial charge on any atom is -0.486 e. The maximum Gasteiger partial charge on any atom is 0.254 e.